The summed E-state index contributed by atoms with van der Waals surface area (Å²) in [6.45, 7) is 0.405. The summed E-state index contributed by atoms with van der Waals surface area (Å²) in [4.78, 5) is 50.4. The Bertz CT molecular complexity index is 552. The number of hydrogen-bond acceptors (Lipinski definition) is 5. The van der Waals surface area contributed by atoms with Gasteiger partial charge in [-0.2, -0.15) is 0 Å². The van der Waals surface area contributed by atoms with Gasteiger partial charge in [-0.25, -0.2) is 0 Å². The number of amides is 4. The summed E-state index contributed by atoms with van der Waals surface area (Å²) in [7, 11) is 0. The maximum absolute atomic E-state index is 12.8. The van der Waals surface area contributed by atoms with Crippen LogP contribution in [0.3, 0.4) is 0 Å². The van der Waals surface area contributed by atoms with Crippen molar-refractivity contribution in [1.82, 2.24) is 9.80 Å². The molecular weight excluding hydrogens is 316 g/mol. The van der Waals surface area contributed by atoms with Crippen LogP contribution in [0.25, 0.3) is 0 Å². The Labute approximate surface area is 139 Å². The highest BCUT2D eigenvalue weighted by Crippen LogP contribution is 2.39. The van der Waals surface area contributed by atoms with Crippen LogP contribution in [-0.2, 0) is 19.2 Å². The third-order valence-electron chi connectivity index (χ3n) is 4.83. The van der Waals surface area contributed by atoms with Crippen LogP contribution >= 0.6 is 0 Å². The van der Waals surface area contributed by atoms with Gasteiger partial charge in [0.1, 0.15) is 11.6 Å². The van der Waals surface area contributed by atoms with Gasteiger partial charge in [0.05, 0.1) is 13.2 Å². The lowest BCUT2D eigenvalue weighted by molar-refractivity contribution is -0.180. The number of piperidine rings is 1. The lowest BCUT2D eigenvalue weighted by Gasteiger charge is -2.57. The third-order valence-corrected chi connectivity index (χ3v) is 4.83. The molecular formula is C15H24N4O5. The van der Waals surface area contributed by atoms with Crippen LogP contribution in [0.1, 0.15) is 38.5 Å². The van der Waals surface area contributed by atoms with Gasteiger partial charge in [0.15, 0.2) is 0 Å². The van der Waals surface area contributed by atoms with Crippen LogP contribution < -0.4 is 11.5 Å². The maximum atomic E-state index is 12.8. The molecule has 1 spiro atoms. The van der Waals surface area contributed by atoms with E-state index in [0.717, 1.165) is 12.8 Å². The molecule has 2 fully saturated rings. The molecule has 0 radical (unpaired) electrons. The number of primary amides is 2. The molecule has 9 nitrogen and oxygen atoms in total. The van der Waals surface area contributed by atoms with Crippen molar-refractivity contribution in [2.75, 3.05) is 19.7 Å². The van der Waals surface area contributed by atoms with Crippen LogP contribution in [-0.4, -0.2) is 69.8 Å². The molecule has 2 unspecified atom stereocenters. The zero-order chi connectivity index (χ0) is 17.9. The van der Waals surface area contributed by atoms with Crippen molar-refractivity contribution in [2.45, 2.75) is 50.1 Å². The maximum Gasteiger partial charge on any atom is 0.251 e. The number of rotatable bonds is 7. The van der Waals surface area contributed by atoms with Crippen LogP contribution in [0.15, 0.2) is 0 Å². The van der Waals surface area contributed by atoms with Gasteiger partial charge >= 0.3 is 0 Å². The first-order valence-corrected chi connectivity index (χ1v) is 8.13. The quantitative estimate of drug-likeness (QED) is 0.462. The van der Waals surface area contributed by atoms with E-state index in [1.165, 1.54) is 9.80 Å². The Kier molecular flexibility index (Phi) is 5.43. The van der Waals surface area contributed by atoms with E-state index in [1.807, 2.05) is 0 Å². The molecule has 2 aliphatic heterocycles. The zero-order valence-electron chi connectivity index (χ0n) is 13.6. The predicted octanol–water partition coefficient (Wildman–Crippen LogP) is -1.92. The molecule has 134 valence electrons. The van der Waals surface area contributed by atoms with E-state index < -0.39 is 23.4 Å². The highest BCUT2D eigenvalue weighted by molar-refractivity contribution is 6.00. The van der Waals surface area contributed by atoms with Gasteiger partial charge in [-0.15, -0.1) is 0 Å². The van der Waals surface area contributed by atoms with Crippen molar-refractivity contribution in [2.24, 2.45) is 11.5 Å². The van der Waals surface area contributed by atoms with Crippen molar-refractivity contribution in [3.8, 4) is 0 Å². The Morgan fingerprint density at radius 1 is 1.21 bits per heavy atom. The second-order valence-corrected chi connectivity index (χ2v) is 6.36. The highest BCUT2D eigenvalue weighted by atomic mass is 16.3. The summed E-state index contributed by atoms with van der Waals surface area (Å²) in [5.74, 6) is -1.84. The van der Waals surface area contributed by atoms with Crippen molar-refractivity contribution in [1.29, 1.82) is 0 Å². The standard InChI is InChI=1S/C15H24N4O5/c16-11(21)4-3-10(13(17)23)18-9-15(14(18)24)6-1-2-7-19(15)12(22)5-8-20/h10,20H,1-9H2,(H2,16,21)(H2,17,23). The molecule has 24 heavy (non-hydrogen) atoms. The van der Waals surface area contributed by atoms with Gasteiger partial charge in [-0.1, -0.05) is 0 Å². The van der Waals surface area contributed by atoms with E-state index in [9.17, 15) is 19.2 Å². The van der Waals surface area contributed by atoms with Crippen molar-refractivity contribution >= 4 is 23.6 Å². The monoisotopic (exact) mass is 340 g/mol. The van der Waals surface area contributed by atoms with E-state index >= 15 is 0 Å². The summed E-state index contributed by atoms with van der Waals surface area (Å²) in [5, 5.41) is 8.98. The van der Waals surface area contributed by atoms with Gasteiger partial charge in [-0.05, 0) is 25.7 Å². The van der Waals surface area contributed by atoms with Crippen LogP contribution in [0.4, 0.5) is 0 Å². The predicted molar refractivity (Wildman–Crippen MR) is 83.1 cm³/mol. The number of aliphatic hydroxyl groups is 1. The van der Waals surface area contributed by atoms with E-state index in [2.05, 4.69) is 0 Å². The Morgan fingerprint density at radius 2 is 1.92 bits per heavy atom. The number of nitrogens with two attached hydrogens (primary N) is 2. The summed E-state index contributed by atoms with van der Waals surface area (Å²) in [5.41, 5.74) is 9.51. The summed E-state index contributed by atoms with van der Waals surface area (Å²) < 4.78 is 0. The molecule has 0 aromatic heterocycles. The molecule has 0 saturated carbocycles. The first kappa shape index (κ1) is 18.2. The van der Waals surface area contributed by atoms with Crippen molar-refractivity contribution < 1.29 is 24.3 Å². The van der Waals surface area contributed by atoms with E-state index in [4.69, 9.17) is 16.6 Å². The number of carbonyl (C=O) groups is 4. The van der Waals surface area contributed by atoms with Gasteiger partial charge in [0.25, 0.3) is 5.91 Å². The SMILES string of the molecule is NC(=O)CCC(C(N)=O)N1CC2(CCCCN2C(=O)CCO)C1=O. The average molecular weight is 340 g/mol. The number of aliphatic hydroxyl groups excluding tert-OH is 1. The van der Waals surface area contributed by atoms with E-state index in [0.29, 0.717) is 13.0 Å². The first-order valence-electron chi connectivity index (χ1n) is 8.13. The first-order chi connectivity index (χ1) is 11.3. The second kappa shape index (κ2) is 7.16. The van der Waals surface area contributed by atoms with Gasteiger partial charge in [-0.3, -0.25) is 19.2 Å². The van der Waals surface area contributed by atoms with Crippen LogP contribution in [0.5, 0.6) is 0 Å². The van der Waals surface area contributed by atoms with Gasteiger partial charge in [0.2, 0.25) is 17.7 Å². The molecule has 0 aliphatic carbocycles. The lowest BCUT2D eigenvalue weighted by atomic mass is 9.77. The molecule has 2 atom stereocenters. The molecule has 4 amide bonds. The normalized spacial score (nSPS) is 24.6. The topological polar surface area (TPSA) is 147 Å². The second-order valence-electron chi connectivity index (χ2n) is 6.36. The van der Waals surface area contributed by atoms with Gasteiger partial charge in [0, 0.05) is 19.4 Å². The van der Waals surface area contributed by atoms with E-state index in [1.54, 1.807) is 0 Å². The van der Waals surface area contributed by atoms with Crippen molar-refractivity contribution in [3.05, 3.63) is 0 Å². The summed E-state index contributed by atoms with van der Waals surface area (Å²) >= 11 is 0. The number of hydrogen-bond donors (Lipinski definition) is 3. The molecule has 0 bridgehead atoms. The molecule has 2 rings (SSSR count). The van der Waals surface area contributed by atoms with Crippen LogP contribution in [0.2, 0.25) is 0 Å². The molecule has 0 aromatic rings. The summed E-state index contributed by atoms with van der Waals surface area (Å²) in [6, 6.07) is -0.896. The van der Waals surface area contributed by atoms with Crippen molar-refractivity contribution in [3.63, 3.8) is 0 Å². The Morgan fingerprint density at radius 3 is 2.46 bits per heavy atom. The fourth-order valence-corrected chi connectivity index (χ4v) is 3.60. The number of nitrogens with zero attached hydrogens (tertiary/aromatic N) is 2. The fraction of sp³-hybridized carbons (Fsp3) is 0.733. The largest absolute Gasteiger partial charge is 0.396 e. The molecule has 0 aromatic carbocycles. The molecule has 2 heterocycles. The van der Waals surface area contributed by atoms with Crippen LogP contribution in [0, 0.1) is 0 Å². The molecule has 2 aliphatic rings. The third kappa shape index (κ3) is 3.21. The highest BCUT2D eigenvalue weighted by Gasteiger charge is 2.59. The Balaban J connectivity index is 2.13. The lowest BCUT2D eigenvalue weighted by Crippen LogP contribution is -2.78. The average Bonchev–Trinajstić information content (AvgIpc) is 2.53. The smallest absolute Gasteiger partial charge is 0.251 e. The minimum absolute atomic E-state index is 0.0318. The fourth-order valence-electron chi connectivity index (χ4n) is 3.60. The number of β-lactam (4-membered cyclic amide) rings is 1. The number of likely N-dealkylation sites (tertiary alicyclic amines) is 2. The van der Waals surface area contributed by atoms with Gasteiger partial charge < -0.3 is 26.4 Å². The molecule has 2 saturated heterocycles. The summed E-state index contributed by atoms with van der Waals surface area (Å²) in [6.07, 6.45) is 2.14. The minimum Gasteiger partial charge on any atom is -0.396 e. The molecule has 5 N–H and O–H groups in total. The zero-order valence-corrected chi connectivity index (χ0v) is 13.6. The molecule has 9 heteroatoms. The van der Waals surface area contributed by atoms with E-state index in [-0.39, 0.29) is 44.2 Å². The minimum atomic E-state index is -0.940. The number of carbonyl (C=O) groups excluding carboxylic acids is 4. The Hall–Kier alpha value is -2.16.